The molecule has 1 aliphatic rings. The number of phenols is 1. The summed E-state index contributed by atoms with van der Waals surface area (Å²) in [4.78, 5) is 28.3. The summed E-state index contributed by atoms with van der Waals surface area (Å²) in [6.45, 7) is 8.20. The molecule has 234 valence electrons. The van der Waals surface area contributed by atoms with Crippen molar-refractivity contribution < 1.29 is 24.2 Å². The molecule has 44 heavy (non-hydrogen) atoms. The van der Waals surface area contributed by atoms with Crippen molar-refractivity contribution >= 4 is 47.6 Å². The Morgan fingerprint density at radius 1 is 1.07 bits per heavy atom. The molecule has 3 aromatic rings. The Labute approximate surface area is 263 Å². The number of ether oxygens (including phenoxy) is 2. The zero-order valence-electron chi connectivity index (χ0n) is 25.4. The standard InChI is InChI=1S/C33H39N5O5.ClH/c1-19-20(2)31-26(21(3)30(19)41)13-14-33(4,43-31)15-16-42-27-11-10-25(17-23(27)18-28(34)39)37-29(40)12-7-22-5-8-24(9-6-22)38-32(35)36;/h5-12,17,41H,13-16,18H2,1-4H3,(H2,34,39)(H,37,40)(H4,35,36,38);1H/b12-7+;. The molecule has 0 aromatic heterocycles. The van der Waals surface area contributed by atoms with E-state index in [0.717, 1.165) is 46.4 Å². The number of hydrogen-bond acceptors (Lipinski definition) is 6. The maximum atomic E-state index is 12.6. The molecule has 10 nitrogen and oxygen atoms in total. The number of carbonyl (C=O) groups excluding carboxylic acids is 2. The molecule has 4 rings (SSSR count). The van der Waals surface area contributed by atoms with Gasteiger partial charge in [0, 0.05) is 29.3 Å². The monoisotopic (exact) mass is 621 g/mol. The minimum Gasteiger partial charge on any atom is -0.507 e. The zero-order chi connectivity index (χ0) is 31.3. The van der Waals surface area contributed by atoms with Crippen LogP contribution in [0.3, 0.4) is 0 Å². The van der Waals surface area contributed by atoms with Crippen LogP contribution in [-0.4, -0.2) is 35.1 Å². The molecule has 0 saturated carbocycles. The van der Waals surface area contributed by atoms with Gasteiger partial charge >= 0.3 is 0 Å². The number of primary amides is 1. The van der Waals surface area contributed by atoms with Crippen LogP contribution in [0.2, 0.25) is 0 Å². The van der Waals surface area contributed by atoms with Crippen LogP contribution in [0.15, 0.2) is 53.5 Å². The molecule has 1 unspecified atom stereocenters. The number of hydrogen-bond donors (Lipinski definition) is 5. The van der Waals surface area contributed by atoms with Crippen molar-refractivity contribution in [3.63, 3.8) is 0 Å². The van der Waals surface area contributed by atoms with Gasteiger partial charge in [-0.2, -0.15) is 0 Å². The summed E-state index contributed by atoms with van der Waals surface area (Å²) < 4.78 is 12.6. The lowest BCUT2D eigenvalue weighted by molar-refractivity contribution is -0.117. The van der Waals surface area contributed by atoms with Crippen molar-refractivity contribution in [3.8, 4) is 17.2 Å². The maximum Gasteiger partial charge on any atom is 0.248 e. The summed E-state index contributed by atoms with van der Waals surface area (Å²) in [5, 5.41) is 13.3. The predicted octanol–water partition coefficient (Wildman–Crippen LogP) is 4.88. The highest BCUT2D eigenvalue weighted by atomic mass is 35.5. The molecule has 0 bridgehead atoms. The number of guanidine groups is 1. The smallest absolute Gasteiger partial charge is 0.248 e. The predicted molar refractivity (Wildman–Crippen MR) is 176 cm³/mol. The lowest BCUT2D eigenvalue weighted by Crippen LogP contribution is -2.38. The molecule has 1 heterocycles. The van der Waals surface area contributed by atoms with Crippen LogP contribution in [0.25, 0.3) is 6.08 Å². The van der Waals surface area contributed by atoms with Gasteiger partial charge in [0.05, 0.1) is 18.7 Å². The Hall–Kier alpha value is -4.70. The number of rotatable bonds is 10. The van der Waals surface area contributed by atoms with Crippen LogP contribution >= 0.6 is 12.4 Å². The third-order valence-electron chi connectivity index (χ3n) is 7.75. The van der Waals surface area contributed by atoms with Gasteiger partial charge in [-0.15, -0.1) is 12.4 Å². The van der Waals surface area contributed by atoms with Gasteiger partial charge in [-0.3, -0.25) is 9.59 Å². The van der Waals surface area contributed by atoms with Crippen LogP contribution in [-0.2, 0) is 22.4 Å². The molecule has 0 spiro atoms. The third kappa shape index (κ3) is 8.23. The van der Waals surface area contributed by atoms with E-state index in [1.807, 2.05) is 20.8 Å². The number of aliphatic imine (C=N–C) groups is 1. The van der Waals surface area contributed by atoms with Crippen molar-refractivity contribution in [2.75, 3.05) is 11.9 Å². The average molecular weight is 622 g/mol. The number of nitrogens with two attached hydrogens (primary N) is 3. The fourth-order valence-corrected chi connectivity index (χ4v) is 5.14. The fourth-order valence-electron chi connectivity index (χ4n) is 5.14. The molecule has 1 atom stereocenters. The second-order valence-electron chi connectivity index (χ2n) is 11.1. The van der Waals surface area contributed by atoms with E-state index in [1.165, 1.54) is 6.08 Å². The molecule has 0 radical (unpaired) electrons. The van der Waals surface area contributed by atoms with E-state index in [-0.39, 0.29) is 30.7 Å². The number of halogens is 1. The van der Waals surface area contributed by atoms with Gasteiger partial charge in [0.25, 0.3) is 0 Å². The summed E-state index contributed by atoms with van der Waals surface area (Å²) in [7, 11) is 0. The van der Waals surface area contributed by atoms with Gasteiger partial charge in [0.15, 0.2) is 5.96 Å². The molecule has 11 heteroatoms. The molecule has 2 amide bonds. The summed E-state index contributed by atoms with van der Waals surface area (Å²) >= 11 is 0. The number of nitrogens with zero attached hydrogens (tertiary/aromatic N) is 1. The number of phenolic OH excluding ortho intramolecular Hbond substituents is 1. The summed E-state index contributed by atoms with van der Waals surface area (Å²) in [5.74, 6) is 0.801. The van der Waals surface area contributed by atoms with E-state index in [4.69, 9.17) is 26.7 Å². The van der Waals surface area contributed by atoms with Gasteiger partial charge < -0.3 is 37.1 Å². The maximum absolute atomic E-state index is 12.6. The minimum absolute atomic E-state index is 0. The van der Waals surface area contributed by atoms with Crippen molar-refractivity contribution in [2.24, 2.45) is 22.2 Å². The number of anilines is 1. The van der Waals surface area contributed by atoms with Crippen molar-refractivity contribution in [3.05, 3.63) is 81.9 Å². The average Bonchev–Trinajstić information content (AvgIpc) is 2.95. The van der Waals surface area contributed by atoms with Crippen LogP contribution in [0, 0.1) is 20.8 Å². The second kappa shape index (κ2) is 14.2. The zero-order valence-corrected chi connectivity index (χ0v) is 26.2. The van der Waals surface area contributed by atoms with Gasteiger partial charge in [-0.25, -0.2) is 4.99 Å². The summed E-state index contributed by atoms with van der Waals surface area (Å²) in [6.07, 6.45) is 5.21. The first-order valence-electron chi connectivity index (χ1n) is 14.1. The molecular weight excluding hydrogens is 582 g/mol. The Morgan fingerprint density at radius 3 is 2.43 bits per heavy atom. The van der Waals surface area contributed by atoms with Crippen LogP contribution in [0.4, 0.5) is 11.4 Å². The van der Waals surface area contributed by atoms with Crippen LogP contribution in [0.1, 0.15) is 53.1 Å². The number of fused-ring (bicyclic) bond motifs is 1. The van der Waals surface area contributed by atoms with Crippen LogP contribution < -0.4 is 32.0 Å². The highest BCUT2D eigenvalue weighted by Crippen LogP contribution is 2.44. The van der Waals surface area contributed by atoms with E-state index < -0.39 is 11.5 Å². The number of amides is 2. The van der Waals surface area contributed by atoms with Crippen molar-refractivity contribution in [1.82, 2.24) is 0 Å². The fraction of sp³-hybridized carbons (Fsp3) is 0.303. The van der Waals surface area contributed by atoms with E-state index in [0.29, 0.717) is 41.5 Å². The van der Waals surface area contributed by atoms with Crippen molar-refractivity contribution in [2.45, 2.75) is 59.0 Å². The summed E-state index contributed by atoms with van der Waals surface area (Å²) in [5.41, 5.74) is 22.0. The largest absolute Gasteiger partial charge is 0.507 e. The number of nitrogens with one attached hydrogen (secondary N) is 1. The molecule has 1 aliphatic heterocycles. The van der Waals surface area contributed by atoms with Gasteiger partial charge in [-0.05, 0) is 99.2 Å². The molecular formula is C33H40ClN5O5. The van der Waals surface area contributed by atoms with Gasteiger partial charge in [0.2, 0.25) is 11.8 Å². The lowest BCUT2D eigenvalue weighted by atomic mass is 9.86. The summed E-state index contributed by atoms with van der Waals surface area (Å²) in [6, 6.07) is 12.2. The van der Waals surface area contributed by atoms with Crippen molar-refractivity contribution in [1.29, 1.82) is 0 Å². The Kier molecular flexibility index (Phi) is 10.9. The minimum atomic E-state index is -0.513. The highest BCUT2D eigenvalue weighted by Gasteiger charge is 2.34. The third-order valence-corrected chi connectivity index (χ3v) is 7.75. The van der Waals surface area contributed by atoms with E-state index in [9.17, 15) is 14.7 Å². The topological polar surface area (TPSA) is 175 Å². The lowest BCUT2D eigenvalue weighted by Gasteiger charge is -2.38. The first-order chi connectivity index (χ1) is 20.3. The quantitative estimate of drug-likeness (QED) is 0.122. The van der Waals surface area contributed by atoms with Crippen LogP contribution in [0.5, 0.6) is 17.2 Å². The normalized spacial score (nSPS) is 15.5. The van der Waals surface area contributed by atoms with Gasteiger partial charge in [0.1, 0.15) is 22.8 Å². The van der Waals surface area contributed by atoms with E-state index in [2.05, 4.69) is 17.2 Å². The Balaban J connectivity index is 0.00000529. The van der Waals surface area contributed by atoms with Gasteiger partial charge in [-0.1, -0.05) is 12.1 Å². The number of benzene rings is 3. The first-order valence-corrected chi connectivity index (χ1v) is 14.1. The van der Waals surface area contributed by atoms with E-state index in [1.54, 1.807) is 48.5 Å². The Bertz CT molecular complexity index is 1600. The molecule has 8 N–H and O–H groups in total. The molecule has 0 aliphatic carbocycles. The second-order valence-corrected chi connectivity index (χ2v) is 11.1. The molecule has 0 saturated heterocycles. The molecule has 3 aromatic carbocycles. The first kappa shape index (κ1) is 33.8. The van der Waals surface area contributed by atoms with E-state index >= 15 is 0 Å². The number of aromatic hydroxyl groups is 1. The number of carbonyl (C=O) groups is 2. The molecule has 0 fully saturated rings. The highest BCUT2D eigenvalue weighted by molar-refractivity contribution is 6.02. The SMILES string of the molecule is Cc1c(C)c2c(c(C)c1O)CCC(C)(CCOc1ccc(NC(=O)/C=C/c3ccc(N=C(N)N)cc3)cc1CC(N)=O)O2.Cl. The Morgan fingerprint density at radius 2 is 1.77 bits per heavy atom.